The van der Waals surface area contributed by atoms with Gasteiger partial charge in [0.1, 0.15) is 11.3 Å². The highest BCUT2D eigenvalue weighted by Crippen LogP contribution is 2.28. The molecule has 1 amide bonds. The third-order valence-electron chi connectivity index (χ3n) is 4.09. The van der Waals surface area contributed by atoms with E-state index in [0.717, 1.165) is 22.3 Å². The fraction of sp³-hybridized carbons (Fsp3) is 0.0526. The first kappa shape index (κ1) is 15.9. The predicted molar refractivity (Wildman–Crippen MR) is 99.0 cm³/mol. The Labute approximate surface area is 149 Å². The van der Waals surface area contributed by atoms with E-state index in [9.17, 15) is 4.79 Å². The maximum atomic E-state index is 11.1. The Kier molecular flexibility index (Phi) is 3.91. The first-order valence-corrected chi connectivity index (χ1v) is 8.08. The molecule has 0 unspecified atom stereocenters. The molecule has 0 aliphatic rings. The van der Waals surface area contributed by atoms with Crippen LogP contribution < -0.4 is 16.2 Å². The molecule has 2 aromatic heterocycles. The van der Waals surface area contributed by atoms with Gasteiger partial charge in [0.15, 0.2) is 5.75 Å². The van der Waals surface area contributed by atoms with Gasteiger partial charge in [-0.15, -0.1) is 0 Å². The molecular formula is C19H17N5O2. The van der Waals surface area contributed by atoms with Crippen LogP contribution in [0.5, 0.6) is 5.75 Å². The number of rotatable bonds is 4. The maximum absolute atomic E-state index is 11.1. The van der Waals surface area contributed by atoms with Crippen LogP contribution in [0.1, 0.15) is 5.56 Å². The summed E-state index contributed by atoms with van der Waals surface area (Å²) in [5.74, 6) is 1.00. The number of ether oxygens (including phenoxy) is 1. The Morgan fingerprint density at radius 3 is 2.81 bits per heavy atom. The zero-order valence-corrected chi connectivity index (χ0v) is 13.8. The smallest absolute Gasteiger partial charge is 0.408 e. The molecule has 0 radical (unpaired) electrons. The third-order valence-corrected chi connectivity index (χ3v) is 4.09. The Balaban J connectivity index is 1.76. The van der Waals surface area contributed by atoms with Gasteiger partial charge in [0, 0.05) is 30.2 Å². The number of carbonyl (C=O) groups excluding carboxylic acids is 1. The average Bonchev–Trinajstić information content (AvgIpc) is 3.29. The minimum absolute atomic E-state index is 0.326. The lowest BCUT2D eigenvalue weighted by molar-refractivity contribution is 0.211. The number of carbonyl (C=O) groups is 1. The number of imidazole rings is 1. The molecule has 2 aromatic carbocycles. The van der Waals surface area contributed by atoms with Gasteiger partial charge in [-0.25, -0.2) is 9.78 Å². The molecule has 4 rings (SSSR count). The molecule has 0 atom stereocenters. The van der Waals surface area contributed by atoms with Crippen LogP contribution in [-0.4, -0.2) is 20.6 Å². The number of nitrogens with zero attached hydrogens (tertiary/aromatic N) is 2. The zero-order valence-electron chi connectivity index (χ0n) is 13.8. The Bertz CT molecular complexity index is 1100. The number of hydrogen-bond acceptors (Lipinski definition) is 4. The number of nitrogens with one attached hydrogen (secondary N) is 1. The number of primary amides is 1. The molecule has 26 heavy (non-hydrogen) atoms. The first-order chi connectivity index (χ1) is 12.6. The summed E-state index contributed by atoms with van der Waals surface area (Å²) in [6.45, 7) is 0.499. The van der Waals surface area contributed by atoms with Crippen molar-refractivity contribution in [2.75, 3.05) is 0 Å². The maximum Gasteiger partial charge on any atom is 0.410 e. The van der Waals surface area contributed by atoms with Crippen LogP contribution in [0.15, 0.2) is 60.9 Å². The predicted octanol–water partition coefficient (Wildman–Crippen LogP) is 2.94. The molecule has 0 aliphatic carbocycles. The van der Waals surface area contributed by atoms with Gasteiger partial charge in [0.05, 0.1) is 5.52 Å². The number of para-hydroxylation sites is 1. The van der Waals surface area contributed by atoms with Crippen LogP contribution in [0.4, 0.5) is 4.79 Å². The van der Waals surface area contributed by atoms with E-state index in [1.54, 1.807) is 12.1 Å². The number of nitrogens with two attached hydrogens (primary N) is 2. The highest BCUT2D eigenvalue weighted by molar-refractivity contribution is 5.87. The quantitative estimate of drug-likeness (QED) is 0.527. The van der Waals surface area contributed by atoms with Gasteiger partial charge in [0.25, 0.3) is 0 Å². The molecule has 7 heteroatoms. The van der Waals surface area contributed by atoms with E-state index in [1.165, 1.54) is 0 Å². The molecule has 2 heterocycles. The van der Waals surface area contributed by atoms with Crippen molar-refractivity contribution in [2.45, 2.75) is 6.54 Å². The van der Waals surface area contributed by atoms with Crippen molar-refractivity contribution < 1.29 is 9.53 Å². The van der Waals surface area contributed by atoms with Crippen molar-refractivity contribution >= 4 is 17.1 Å². The third kappa shape index (κ3) is 2.91. The van der Waals surface area contributed by atoms with Gasteiger partial charge in [0.2, 0.25) is 0 Å². The largest absolute Gasteiger partial charge is 0.410 e. The Hall–Kier alpha value is -3.58. The van der Waals surface area contributed by atoms with E-state index in [0.29, 0.717) is 23.6 Å². The second kappa shape index (κ2) is 6.38. The molecule has 130 valence electrons. The summed E-state index contributed by atoms with van der Waals surface area (Å²) in [6.07, 6.45) is 3.10. The first-order valence-electron chi connectivity index (χ1n) is 8.08. The van der Waals surface area contributed by atoms with E-state index in [1.807, 2.05) is 53.4 Å². The van der Waals surface area contributed by atoms with Crippen molar-refractivity contribution in [3.05, 3.63) is 66.5 Å². The highest BCUT2D eigenvalue weighted by atomic mass is 16.5. The van der Waals surface area contributed by atoms with E-state index in [4.69, 9.17) is 16.2 Å². The summed E-state index contributed by atoms with van der Waals surface area (Å²) in [7, 11) is 0. The molecular weight excluding hydrogens is 330 g/mol. The van der Waals surface area contributed by atoms with E-state index < -0.39 is 6.09 Å². The van der Waals surface area contributed by atoms with Crippen molar-refractivity contribution in [3.63, 3.8) is 0 Å². The second-order valence-electron chi connectivity index (χ2n) is 5.84. The highest BCUT2D eigenvalue weighted by Gasteiger charge is 2.12. The van der Waals surface area contributed by atoms with Crippen LogP contribution in [0.3, 0.4) is 0 Å². The fourth-order valence-electron chi connectivity index (χ4n) is 2.87. The number of fused-ring (bicyclic) bond motifs is 1. The summed E-state index contributed by atoms with van der Waals surface area (Å²) in [5.41, 5.74) is 15.1. The monoisotopic (exact) mass is 347 g/mol. The summed E-state index contributed by atoms with van der Waals surface area (Å²) >= 11 is 0. The standard InChI is InChI=1S/C19H17N5O2/c20-10-12-7-8-24(11-12)14-4-1-3-13(9-14)18-22-15-5-2-6-16(17(15)23-18)26-19(21)25/h1-9,11H,10,20H2,(H2,21,25)(H,22,23). The summed E-state index contributed by atoms with van der Waals surface area (Å²) in [5, 5.41) is 0. The Morgan fingerprint density at radius 2 is 2.04 bits per heavy atom. The summed E-state index contributed by atoms with van der Waals surface area (Å²) in [4.78, 5) is 18.9. The van der Waals surface area contributed by atoms with E-state index in [2.05, 4.69) is 9.97 Å². The van der Waals surface area contributed by atoms with Crippen molar-refractivity contribution in [2.24, 2.45) is 11.5 Å². The minimum atomic E-state index is -0.868. The van der Waals surface area contributed by atoms with E-state index in [-0.39, 0.29) is 0 Å². The van der Waals surface area contributed by atoms with E-state index >= 15 is 0 Å². The molecule has 7 nitrogen and oxygen atoms in total. The molecule has 0 bridgehead atoms. The Morgan fingerprint density at radius 1 is 1.19 bits per heavy atom. The lowest BCUT2D eigenvalue weighted by atomic mass is 10.2. The zero-order chi connectivity index (χ0) is 18.1. The SMILES string of the molecule is NCc1ccn(-c2cccc(-c3nc4c(OC(N)=O)cccc4[nH]3)c2)c1. The minimum Gasteiger partial charge on any atom is -0.408 e. The molecule has 0 aliphatic heterocycles. The van der Waals surface area contributed by atoms with Gasteiger partial charge in [-0.2, -0.15) is 0 Å². The van der Waals surface area contributed by atoms with Crippen LogP contribution in [0, 0.1) is 0 Å². The summed E-state index contributed by atoms with van der Waals surface area (Å²) < 4.78 is 7.04. The lowest BCUT2D eigenvalue weighted by Gasteiger charge is -2.05. The van der Waals surface area contributed by atoms with Crippen LogP contribution in [0.2, 0.25) is 0 Å². The van der Waals surface area contributed by atoms with Crippen molar-refractivity contribution in [3.8, 4) is 22.8 Å². The second-order valence-corrected chi connectivity index (χ2v) is 5.84. The van der Waals surface area contributed by atoms with Gasteiger partial charge < -0.3 is 25.8 Å². The molecule has 0 fully saturated rings. The van der Waals surface area contributed by atoms with Crippen molar-refractivity contribution in [1.29, 1.82) is 0 Å². The van der Waals surface area contributed by atoms with Gasteiger partial charge in [-0.05, 0) is 35.9 Å². The molecule has 0 saturated heterocycles. The van der Waals surface area contributed by atoms with Gasteiger partial charge >= 0.3 is 6.09 Å². The number of aromatic amines is 1. The number of benzene rings is 2. The molecule has 0 spiro atoms. The lowest BCUT2D eigenvalue weighted by Crippen LogP contribution is -2.16. The number of amides is 1. The van der Waals surface area contributed by atoms with Gasteiger partial charge in [-0.3, -0.25) is 0 Å². The summed E-state index contributed by atoms with van der Waals surface area (Å²) in [6, 6.07) is 15.2. The van der Waals surface area contributed by atoms with Crippen molar-refractivity contribution in [1.82, 2.24) is 14.5 Å². The normalized spacial score (nSPS) is 11.0. The number of H-pyrrole nitrogens is 1. The average molecular weight is 347 g/mol. The van der Waals surface area contributed by atoms with Crippen LogP contribution in [0.25, 0.3) is 28.1 Å². The molecule has 5 N–H and O–H groups in total. The van der Waals surface area contributed by atoms with Crippen LogP contribution >= 0.6 is 0 Å². The van der Waals surface area contributed by atoms with Gasteiger partial charge in [-0.1, -0.05) is 18.2 Å². The van der Waals surface area contributed by atoms with Crippen LogP contribution in [-0.2, 0) is 6.54 Å². The topological polar surface area (TPSA) is 112 Å². The molecule has 4 aromatic rings. The fourth-order valence-corrected chi connectivity index (χ4v) is 2.87. The molecule has 0 saturated carbocycles. The number of aromatic nitrogens is 3. The number of hydrogen-bond donors (Lipinski definition) is 3.